The largest absolute Gasteiger partial charge is 0.381 e. The average Bonchev–Trinajstić information content (AvgIpc) is 2.29. The molecule has 0 aliphatic carbocycles. The van der Waals surface area contributed by atoms with Crippen molar-refractivity contribution in [2.24, 2.45) is 0 Å². The van der Waals surface area contributed by atoms with Crippen LogP contribution in [0.25, 0.3) is 0 Å². The predicted octanol–water partition coefficient (Wildman–Crippen LogP) is 0.674. The first-order valence-electron chi connectivity index (χ1n) is 5.68. The molecule has 0 radical (unpaired) electrons. The molecule has 0 spiro atoms. The molecule has 0 atom stereocenters. The molecule has 1 aliphatic heterocycles. The van der Waals surface area contributed by atoms with Crippen molar-refractivity contribution in [2.45, 2.75) is 25.3 Å². The Kier molecular flexibility index (Phi) is 3.28. The van der Waals surface area contributed by atoms with Crippen molar-refractivity contribution in [2.75, 3.05) is 13.2 Å². The Morgan fingerprint density at radius 2 is 2.18 bits per heavy atom. The van der Waals surface area contributed by atoms with Crippen molar-refractivity contribution in [1.29, 1.82) is 0 Å². The molecule has 0 saturated carbocycles. The molecule has 1 fully saturated rings. The molecular weight excluding hydrogens is 220 g/mol. The van der Waals surface area contributed by atoms with E-state index < -0.39 is 0 Å². The Morgan fingerprint density at radius 3 is 2.82 bits per heavy atom. The van der Waals surface area contributed by atoms with Gasteiger partial charge in [0.2, 0.25) is 5.56 Å². The summed E-state index contributed by atoms with van der Waals surface area (Å²) < 4.78 is 5.27. The van der Waals surface area contributed by atoms with Gasteiger partial charge in [-0.05, 0) is 25.8 Å². The predicted molar refractivity (Wildman–Crippen MR) is 63.0 cm³/mol. The molecule has 1 amide bonds. The lowest BCUT2D eigenvalue weighted by molar-refractivity contribution is 0.0423. The number of rotatable bonds is 2. The summed E-state index contributed by atoms with van der Waals surface area (Å²) in [6.45, 7) is 3.32. The number of ether oxygens (including phenoxy) is 1. The van der Waals surface area contributed by atoms with Gasteiger partial charge in [-0.3, -0.25) is 9.59 Å². The summed E-state index contributed by atoms with van der Waals surface area (Å²) in [5.41, 5.74) is -0.117. The van der Waals surface area contributed by atoms with Gasteiger partial charge >= 0.3 is 0 Å². The Balaban J connectivity index is 2.08. The maximum absolute atomic E-state index is 12.0. The van der Waals surface area contributed by atoms with Gasteiger partial charge in [0.1, 0.15) is 0 Å². The van der Waals surface area contributed by atoms with Gasteiger partial charge in [-0.15, -0.1) is 0 Å². The highest BCUT2D eigenvalue weighted by molar-refractivity contribution is 5.94. The molecular formula is C12H16N2O3. The maximum Gasteiger partial charge on any atom is 0.251 e. The van der Waals surface area contributed by atoms with Crippen LogP contribution in [0.15, 0.2) is 23.1 Å². The molecule has 92 valence electrons. The molecule has 0 bridgehead atoms. The number of hydrogen-bond donors (Lipinski definition) is 2. The van der Waals surface area contributed by atoms with Crippen LogP contribution < -0.4 is 10.9 Å². The molecule has 0 aromatic carbocycles. The highest BCUT2D eigenvalue weighted by atomic mass is 16.5. The van der Waals surface area contributed by atoms with Crippen LogP contribution in [-0.4, -0.2) is 29.6 Å². The molecule has 1 aromatic rings. The smallest absolute Gasteiger partial charge is 0.251 e. The van der Waals surface area contributed by atoms with Gasteiger partial charge in [-0.1, -0.05) is 0 Å². The molecule has 2 heterocycles. The zero-order valence-corrected chi connectivity index (χ0v) is 9.79. The highest BCUT2D eigenvalue weighted by Gasteiger charge is 2.29. The summed E-state index contributed by atoms with van der Waals surface area (Å²) in [6.07, 6.45) is 3.06. The van der Waals surface area contributed by atoms with Crippen molar-refractivity contribution < 1.29 is 9.53 Å². The zero-order valence-electron chi connectivity index (χ0n) is 9.79. The average molecular weight is 236 g/mol. The summed E-state index contributed by atoms with van der Waals surface area (Å²) in [5.74, 6) is -0.208. The van der Waals surface area contributed by atoms with Gasteiger partial charge in [0.25, 0.3) is 5.91 Å². The number of aromatic amines is 1. The number of aromatic nitrogens is 1. The minimum Gasteiger partial charge on any atom is -0.381 e. The molecule has 1 aliphatic rings. The molecule has 1 aromatic heterocycles. The monoisotopic (exact) mass is 236 g/mol. The van der Waals surface area contributed by atoms with Crippen molar-refractivity contribution in [3.63, 3.8) is 0 Å². The van der Waals surface area contributed by atoms with Crippen LogP contribution >= 0.6 is 0 Å². The molecule has 17 heavy (non-hydrogen) atoms. The second kappa shape index (κ2) is 4.71. The molecule has 5 heteroatoms. The number of amides is 1. The van der Waals surface area contributed by atoms with E-state index >= 15 is 0 Å². The number of hydrogen-bond acceptors (Lipinski definition) is 3. The quantitative estimate of drug-likeness (QED) is 0.793. The van der Waals surface area contributed by atoms with E-state index in [0.29, 0.717) is 18.8 Å². The SMILES string of the molecule is CC1(NC(=O)c2cc[nH]c(=O)c2)CCOCC1. The molecule has 0 unspecified atom stereocenters. The molecule has 1 saturated heterocycles. The Labute approximate surface area is 99.2 Å². The van der Waals surface area contributed by atoms with E-state index in [-0.39, 0.29) is 17.0 Å². The summed E-state index contributed by atoms with van der Waals surface area (Å²) >= 11 is 0. The summed E-state index contributed by atoms with van der Waals surface area (Å²) in [4.78, 5) is 25.6. The fourth-order valence-corrected chi connectivity index (χ4v) is 1.88. The lowest BCUT2D eigenvalue weighted by Gasteiger charge is -2.34. The minimum absolute atomic E-state index is 0.208. The highest BCUT2D eigenvalue weighted by Crippen LogP contribution is 2.20. The maximum atomic E-state index is 12.0. The standard InChI is InChI=1S/C12H16N2O3/c1-12(3-6-17-7-4-12)14-11(16)9-2-5-13-10(15)8-9/h2,5,8H,3-4,6-7H2,1H3,(H,13,15)(H,14,16). The first kappa shape index (κ1) is 11.9. The van der Waals surface area contributed by atoms with Crippen LogP contribution in [0.4, 0.5) is 0 Å². The molecule has 2 N–H and O–H groups in total. The number of H-pyrrole nitrogens is 1. The van der Waals surface area contributed by atoms with Crippen LogP contribution in [0.3, 0.4) is 0 Å². The van der Waals surface area contributed by atoms with Crippen LogP contribution in [0.5, 0.6) is 0 Å². The van der Waals surface area contributed by atoms with E-state index in [1.807, 2.05) is 6.92 Å². The minimum atomic E-state index is -0.269. The van der Waals surface area contributed by atoms with Gasteiger partial charge in [0, 0.05) is 36.6 Å². The second-order valence-corrected chi connectivity index (χ2v) is 4.57. The summed E-state index contributed by atoms with van der Waals surface area (Å²) in [6, 6.07) is 2.90. The van der Waals surface area contributed by atoms with Crippen molar-refractivity contribution in [3.05, 3.63) is 34.2 Å². The van der Waals surface area contributed by atoms with Crippen molar-refractivity contribution >= 4 is 5.91 Å². The van der Waals surface area contributed by atoms with E-state index in [1.54, 1.807) is 6.07 Å². The van der Waals surface area contributed by atoms with E-state index in [0.717, 1.165) is 12.8 Å². The van der Waals surface area contributed by atoms with Gasteiger partial charge in [-0.25, -0.2) is 0 Å². The number of nitrogens with one attached hydrogen (secondary N) is 2. The zero-order chi connectivity index (χ0) is 12.3. The van der Waals surface area contributed by atoms with Gasteiger partial charge in [0.05, 0.1) is 0 Å². The van der Waals surface area contributed by atoms with E-state index in [2.05, 4.69) is 10.3 Å². The van der Waals surface area contributed by atoms with Crippen molar-refractivity contribution in [3.8, 4) is 0 Å². The van der Waals surface area contributed by atoms with E-state index in [1.165, 1.54) is 12.3 Å². The Bertz CT molecular complexity index is 461. The van der Waals surface area contributed by atoms with Crippen LogP contribution in [0, 0.1) is 0 Å². The Hall–Kier alpha value is -1.62. The summed E-state index contributed by atoms with van der Waals surface area (Å²) in [5, 5.41) is 2.97. The van der Waals surface area contributed by atoms with Crippen LogP contribution in [-0.2, 0) is 4.74 Å². The lowest BCUT2D eigenvalue weighted by Crippen LogP contribution is -2.49. The first-order chi connectivity index (χ1) is 8.09. The van der Waals surface area contributed by atoms with Crippen LogP contribution in [0.1, 0.15) is 30.1 Å². The number of carbonyl (C=O) groups excluding carboxylic acids is 1. The topological polar surface area (TPSA) is 71.2 Å². The normalized spacial score (nSPS) is 18.6. The van der Waals surface area contributed by atoms with Gasteiger partial charge < -0.3 is 15.0 Å². The van der Waals surface area contributed by atoms with Gasteiger partial charge in [0.15, 0.2) is 0 Å². The van der Waals surface area contributed by atoms with E-state index in [9.17, 15) is 9.59 Å². The third-order valence-electron chi connectivity index (χ3n) is 3.05. The number of carbonyl (C=O) groups is 1. The fourth-order valence-electron chi connectivity index (χ4n) is 1.88. The van der Waals surface area contributed by atoms with Crippen molar-refractivity contribution in [1.82, 2.24) is 10.3 Å². The third-order valence-corrected chi connectivity index (χ3v) is 3.05. The molecule has 2 rings (SSSR count). The molecule has 5 nitrogen and oxygen atoms in total. The lowest BCUT2D eigenvalue weighted by atomic mass is 9.92. The van der Waals surface area contributed by atoms with Gasteiger partial charge in [-0.2, -0.15) is 0 Å². The number of pyridine rings is 1. The van der Waals surface area contributed by atoms with Crippen LogP contribution in [0.2, 0.25) is 0 Å². The third kappa shape index (κ3) is 2.94. The fraction of sp³-hybridized carbons (Fsp3) is 0.500. The summed E-state index contributed by atoms with van der Waals surface area (Å²) in [7, 11) is 0. The second-order valence-electron chi connectivity index (χ2n) is 4.57. The first-order valence-corrected chi connectivity index (χ1v) is 5.68. The van der Waals surface area contributed by atoms with E-state index in [4.69, 9.17) is 4.74 Å². The Morgan fingerprint density at radius 1 is 1.47 bits per heavy atom.